The number of hydrogen-bond donors (Lipinski definition) is 1. The molecule has 1 N–H and O–H groups in total. The summed E-state index contributed by atoms with van der Waals surface area (Å²) in [6.07, 6.45) is 2.40. The Morgan fingerprint density at radius 3 is 2.45 bits per heavy atom. The summed E-state index contributed by atoms with van der Waals surface area (Å²) in [5.41, 5.74) is 3.12. The first-order valence-electron chi connectivity index (χ1n) is 9.83. The van der Waals surface area contributed by atoms with Crippen LogP contribution in [0.4, 0.5) is 19.3 Å². The molecule has 0 radical (unpaired) electrons. The van der Waals surface area contributed by atoms with Gasteiger partial charge in [0.2, 0.25) is 0 Å². The lowest BCUT2D eigenvalue weighted by Gasteiger charge is -2.26. The molecule has 0 spiro atoms. The van der Waals surface area contributed by atoms with E-state index in [0.29, 0.717) is 6.54 Å². The van der Waals surface area contributed by atoms with E-state index in [1.54, 1.807) is 24.1 Å². The van der Waals surface area contributed by atoms with Crippen LogP contribution in [0.2, 0.25) is 0 Å². The van der Waals surface area contributed by atoms with E-state index in [1.807, 2.05) is 19.1 Å². The Morgan fingerprint density at radius 2 is 1.79 bits per heavy atom. The number of carbonyl (C=O) groups is 1. The largest absolute Gasteiger partial charge is 0.435 e. The maximum atomic E-state index is 12.7. The van der Waals surface area contributed by atoms with Gasteiger partial charge in [-0.1, -0.05) is 30.3 Å². The Labute approximate surface area is 170 Å². The minimum absolute atomic E-state index is 0.0953. The number of hydrogen-bond acceptors (Lipinski definition) is 3. The van der Waals surface area contributed by atoms with Gasteiger partial charge in [-0.05, 0) is 49.1 Å². The van der Waals surface area contributed by atoms with Crippen LogP contribution in [0.25, 0.3) is 0 Å². The highest BCUT2D eigenvalue weighted by Gasteiger charge is 2.19. The molecule has 156 valence electrons. The van der Waals surface area contributed by atoms with Crippen LogP contribution in [0.15, 0.2) is 48.5 Å². The minimum Gasteiger partial charge on any atom is -0.435 e. The predicted octanol–water partition coefficient (Wildman–Crippen LogP) is 4.79. The van der Waals surface area contributed by atoms with Gasteiger partial charge in [0.05, 0.1) is 6.04 Å². The van der Waals surface area contributed by atoms with Crippen molar-refractivity contribution in [3.05, 3.63) is 59.7 Å². The summed E-state index contributed by atoms with van der Waals surface area (Å²) in [4.78, 5) is 16.7. The highest BCUT2D eigenvalue weighted by molar-refractivity contribution is 5.74. The fourth-order valence-corrected chi connectivity index (χ4v) is 3.56. The van der Waals surface area contributed by atoms with Crippen LogP contribution in [0.3, 0.4) is 0 Å². The standard InChI is InChI=1S/C22H27F2N3O2/c1-16(17-9-11-19(12-10-17)29-21(23)24)25-22(28)26(2)15-18-7-3-4-8-20(18)27-13-5-6-14-27/h3-4,7-12,16,21H,5-6,13-15H2,1-2H3,(H,25,28). The summed E-state index contributed by atoms with van der Waals surface area (Å²) in [6.45, 7) is 1.61. The van der Waals surface area contributed by atoms with Gasteiger partial charge >= 0.3 is 12.6 Å². The lowest BCUT2D eigenvalue weighted by Crippen LogP contribution is -2.38. The number of amides is 2. The van der Waals surface area contributed by atoms with Gasteiger partial charge in [0.25, 0.3) is 0 Å². The number of carbonyl (C=O) groups excluding carboxylic acids is 1. The number of urea groups is 1. The van der Waals surface area contributed by atoms with Gasteiger partial charge in [0.1, 0.15) is 5.75 Å². The molecule has 7 heteroatoms. The van der Waals surface area contributed by atoms with E-state index in [9.17, 15) is 13.6 Å². The Bertz CT molecular complexity index is 808. The second-order valence-corrected chi connectivity index (χ2v) is 7.30. The number of ether oxygens (including phenoxy) is 1. The third-order valence-corrected chi connectivity index (χ3v) is 5.14. The van der Waals surface area contributed by atoms with Crippen molar-refractivity contribution in [3.63, 3.8) is 0 Å². The molecule has 0 aliphatic carbocycles. The molecule has 0 bridgehead atoms. The van der Waals surface area contributed by atoms with Crippen molar-refractivity contribution >= 4 is 11.7 Å². The number of benzene rings is 2. The summed E-state index contributed by atoms with van der Waals surface area (Å²) >= 11 is 0. The van der Waals surface area contributed by atoms with Crippen molar-refractivity contribution < 1.29 is 18.3 Å². The van der Waals surface area contributed by atoms with E-state index < -0.39 is 6.61 Å². The number of nitrogens with one attached hydrogen (secondary N) is 1. The van der Waals surface area contributed by atoms with Crippen molar-refractivity contribution in [2.75, 3.05) is 25.0 Å². The first kappa shape index (κ1) is 20.9. The summed E-state index contributed by atoms with van der Waals surface area (Å²) in [5.74, 6) is 0.0953. The molecule has 0 saturated carbocycles. The van der Waals surface area contributed by atoms with Crippen molar-refractivity contribution in [1.82, 2.24) is 10.2 Å². The normalized spacial score (nSPS) is 14.7. The zero-order chi connectivity index (χ0) is 20.8. The fourth-order valence-electron chi connectivity index (χ4n) is 3.56. The van der Waals surface area contributed by atoms with E-state index in [2.05, 4.69) is 27.1 Å². The van der Waals surface area contributed by atoms with Gasteiger partial charge in [-0.2, -0.15) is 8.78 Å². The van der Waals surface area contributed by atoms with Gasteiger partial charge in [-0.25, -0.2) is 4.79 Å². The third kappa shape index (κ3) is 5.59. The van der Waals surface area contributed by atoms with Crippen molar-refractivity contribution in [3.8, 4) is 5.75 Å². The van der Waals surface area contributed by atoms with Crippen LogP contribution < -0.4 is 15.0 Å². The van der Waals surface area contributed by atoms with E-state index in [0.717, 1.165) is 24.2 Å². The highest BCUT2D eigenvalue weighted by Crippen LogP contribution is 2.25. The molecule has 3 rings (SSSR count). The first-order chi connectivity index (χ1) is 13.9. The summed E-state index contributed by atoms with van der Waals surface area (Å²) in [5, 5.41) is 2.95. The third-order valence-electron chi connectivity index (χ3n) is 5.14. The Kier molecular flexibility index (Phi) is 6.90. The molecule has 1 atom stereocenters. The van der Waals surface area contributed by atoms with E-state index in [4.69, 9.17) is 0 Å². The second-order valence-electron chi connectivity index (χ2n) is 7.30. The predicted molar refractivity (Wildman–Crippen MR) is 109 cm³/mol. The number of para-hydroxylation sites is 1. The van der Waals surface area contributed by atoms with Gasteiger partial charge in [-0.15, -0.1) is 0 Å². The lowest BCUT2D eigenvalue weighted by atomic mass is 10.1. The highest BCUT2D eigenvalue weighted by atomic mass is 19.3. The Balaban J connectivity index is 1.59. The second kappa shape index (κ2) is 9.58. The van der Waals surface area contributed by atoms with Crippen LogP contribution in [-0.4, -0.2) is 37.7 Å². The van der Waals surface area contributed by atoms with Crippen molar-refractivity contribution in [2.24, 2.45) is 0 Å². The minimum atomic E-state index is -2.85. The zero-order valence-electron chi connectivity index (χ0n) is 16.8. The number of alkyl halides is 2. The molecular weight excluding hydrogens is 376 g/mol. The van der Waals surface area contributed by atoms with Crippen LogP contribution in [-0.2, 0) is 6.54 Å². The van der Waals surface area contributed by atoms with Crippen molar-refractivity contribution in [2.45, 2.75) is 39.0 Å². The van der Waals surface area contributed by atoms with Gasteiger partial charge in [-0.3, -0.25) is 0 Å². The molecule has 1 unspecified atom stereocenters. The molecule has 1 aliphatic heterocycles. The van der Waals surface area contributed by atoms with Gasteiger partial charge in [0, 0.05) is 32.4 Å². The van der Waals surface area contributed by atoms with Crippen LogP contribution >= 0.6 is 0 Å². The molecule has 1 saturated heterocycles. The summed E-state index contributed by atoms with van der Waals surface area (Å²) in [6, 6.07) is 14.0. The van der Waals surface area contributed by atoms with Gasteiger partial charge < -0.3 is 19.9 Å². The molecule has 0 aromatic heterocycles. The fraction of sp³-hybridized carbons (Fsp3) is 0.409. The average molecular weight is 403 g/mol. The van der Waals surface area contributed by atoms with Crippen LogP contribution in [0.1, 0.15) is 36.9 Å². The quantitative estimate of drug-likeness (QED) is 0.723. The first-order valence-corrected chi connectivity index (χ1v) is 9.83. The van der Waals surface area contributed by atoms with E-state index >= 15 is 0 Å². The van der Waals surface area contributed by atoms with E-state index in [-0.39, 0.29) is 17.8 Å². The Morgan fingerprint density at radius 1 is 1.14 bits per heavy atom. The molecule has 1 fully saturated rings. The number of halogens is 2. The van der Waals surface area contributed by atoms with Crippen molar-refractivity contribution in [1.29, 1.82) is 0 Å². The zero-order valence-corrected chi connectivity index (χ0v) is 16.8. The SMILES string of the molecule is CC(NC(=O)N(C)Cc1ccccc1N1CCCC1)c1ccc(OC(F)F)cc1. The number of nitrogens with zero attached hydrogens (tertiary/aromatic N) is 2. The molecule has 2 aromatic rings. The Hall–Kier alpha value is -2.83. The maximum Gasteiger partial charge on any atom is 0.387 e. The molecule has 29 heavy (non-hydrogen) atoms. The van der Waals surface area contributed by atoms with Crippen LogP contribution in [0.5, 0.6) is 5.75 Å². The number of anilines is 1. The lowest BCUT2D eigenvalue weighted by molar-refractivity contribution is -0.0498. The summed E-state index contributed by atoms with van der Waals surface area (Å²) < 4.78 is 28.9. The van der Waals surface area contributed by atoms with Gasteiger partial charge in [0.15, 0.2) is 0 Å². The summed E-state index contributed by atoms with van der Waals surface area (Å²) in [7, 11) is 1.77. The molecule has 1 aliphatic rings. The smallest absolute Gasteiger partial charge is 0.387 e. The van der Waals surface area contributed by atoms with Crippen LogP contribution in [0, 0.1) is 0 Å². The monoisotopic (exact) mass is 403 g/mol. The molecule has 2 aromatic carbocycles. The number of rotatable bonds is 7. The molecule has 5 nitrogen and oxygen atoms in total. The molecule has 1 heterocycles. The average Bonchev–Trinajstić information content (AvgIpc) is 3.23. The topological polar surface area (TPSA) is 44.8 Å². The molecule has 2 amide bonds. The maximum absolute atomic E-state index is 12.7. The van der Waals surface area contributed by atoms with E-state index in [1.165, 1.54) is 30.7 Å². The molecular formula is C22H27F2N3O2.